The van der Waals surface area contributed by atoms with Crippen molar-refractivity contribution in [1.82, 2.24) is 0 Å². The van der Waals surface area contributed by atoms with Gasteiger partial charge in [0, 0.05) is 6.42 Å². The van der Waals surface area contributed by atoms with E-state index in [1.165, 1.54) is 30.5 Å². The van der Waals surface area contributed by atoms with Gasteiger partial charge in [0.25, 0.3) is 0 Å². The van der Waals surface area contributed by atoms with Crippen molar-refractivity contribution in [2.75, 3.05) is 0 Å². The van der Waals surface area contributed by atoms with Gasteiger partial charge in [-0.05, 0) is 24.6 Å². The fraction of sp³-hybridized carbons (Fsp3) is 0.400. The van der Waals surface area contributed by atoms with Crippen LogP contribution in [0.15, 0.2) is 41.6 Å². The van der Waals surface area contributed by atoms with E-state index in [1.54, 1.807) is 5.19 Å². The van der Waals surface area contributed by atoms with Gasteiger partial charge >= 0.3 is 0 Å². The summed E-state index contributed by atoms with van der Waals surface area (Å²) >= 11 is 0. The molecule has 2 heterocycles. The molecule has 17 heavy (non-hydrogen) atoms. The Bertz CT molecular complexity index is 463. The smallest absolute Gasteiger partial charge is 0.155 e. The minimum Gasteiger partial charge on any atom is -0.295 e. The maximum atomic E-state index is 11.6. The average Bonchev–Trinajstić information content (AvgIpc) is 2.40. The zero-order chi connectivity index (χ0) is 11.7. The normalized spacial score (nSPS) is 28.5. The second kappa shape index (κ2) is 4.26. The quantitative estimate of drug-likeness (QED) is 0.692. The molecule has 1 aromatic carbocycles. The number of hydrogen-bond donors (Lipinski definition) is 0. The molecule has 1 nitrogen and oxygen atoms in total. The average molecular weight is 242 g/mol. The van der Waals surface area contributed by atoms with Crippen molar-refractivity contribution in [3.05, 3.63) is 41.6 Å². The molecular formula is C15H18OSi. The third-order valence-electron chi connectivity index (χ3n) is 4.37. The van der Waals surface area contributed by atoms with Gasteiger partial charge in [0.1, 0.15) is 8.07 Å². The van der Waals surface area contributed by atoms with Crippen LogP contribution in [0.3, 0.4) is 0 Å². The Morgan fingerprint density at radius 2 is 1.76 bits per heavy atom. The predicted octanol–water partition coefficient (Wildman–Crippen LogP) is 2.96. The highest BCUT2D eigenvalue weighted by molar-refractivity contribution is 6.98. The Morgan fingerprint density at radius 1 is 0.941 bits per heavy atom. The van der Waals surface area contributed by atoms with Gasteiger partial charge in [-0.3, -0.25) is 4.79 Å². The Hall–Kier alpha value is -1.15. The molecule has 1 unspecified atom stereocenters. The molecule has 0 saturated carbocycles. The molecule has 0 aromatic heterocycles. The summed E-state index contributed by atoms with van der Waals surface area (Å²) < 4.78 is 0. The minimum atomic E-state index is -1.48. The second-order valence-corrected chi connectivity index (χ2v) is 9.67. The van der Waals surface area contributed by atoms with Crippen molar-refractivity contribution in [1.29, 1.82) is 0 Å². The van der Waals surface area contributed by atoms with Crippen LogP contribution in [0.5, 0.6) is 0 Å². The van der Waals surface area contributed by atoms with Crippen LogP contribution >= 0.6 is 0 Å². The molecule has 0 radical (unpaired) electrons. The van der Waals surface area contributed by atoms with Crippen LogP contribution in [-0.4, -0.2) is 13.9 Å². The summed E-state index contributed by atoms with van der Waals surface area (Å²) in [6.07, 6.45) is 6.59. The molecule has 2 aliphatic rings. The molecule has 1 atom stereocenters. The van der Waals surface area contributed by atoms with Crippen LogP contribution in [0.1, 0.15) is 25.7 Å². The molecule has 88 valence electrons. The van der Waals surface area contributed by atoms with E-state index < -0.39 is 8.07 Å². The Labute approximate surface area is 104 Å². The highest BCUT2D eigenvalue weighted by Crippen LogP contribution is 2.38. The van der Waals surface area contributed by atoms with Crippen LogP contribution in [0, 0.1) is 0 Å². The monoisotopic (exact) mass is 242 g/mol. The number of allylic oxidation sites excluding steroid dienone is 2. The molecule has 1 saturated heterocycles. The molecule has 0 spiro atoms. The highest BCUT2D eigenvalue weighted by Gasteiger charge is 2.42. The van der Waals surface area contributed by atoms with Gasteiger partial charge in [0.05, 0.1) is 0 Å². The van der Waals surface area contributed by atoms with E-state index >= 15 is 0 Å². The second-order valence-electron chi connectivity index (χ2n) is 5.29. The maximum Gasteiger partial charge on any atom is 0.155 e. The molecule has 2 aliphatic heterocycles. The van der Waals surface area contributed by atoms with Crippen molar-refractivity contribution >= 4 is 19.0 Å². The fourth-order valence-corrected chi connectivity index (χ4v) is 8.76. The summed E-state index contributed by atoms with van der Waals surface area (Å²) in [5.41, 5.74) is 0. The first kappa shape index (κ1) is 11.0. The topological polar surface area (TPSA) is 17.1 Å². The van der Waals surface area contributed by atoms with Crippen LogP contribution in [0.25, 0.3) is 0 Å². The number of carbonyl (C=O) groups excluding carboxylic acids is 1. The number of ketones is 1. The summed E-state index contributed by atoms with van der Waals surface area (Å²) in [5, 5.41) is 3.09. The summed E-state index contributed by atoms with van der Waals surface area (Å²) in [7, 11) is -1.48. The first-order valence-electron chi connectivity index (χ1n) is 6.61. The first-order chi connectivity index (χ1) is 8.31. The number of benzene rings is 1. The van der Waals surface area contributed by atoms with Crippen molar-refractivity contribution in [2.24, 2.45) is 0 Å². The van der Waals surface area contributed by atoms with E-state index in [0.717, 1.165) is 12.5 Å². The SMILES string of the molecule is O=C1C=C2CCCC[Si]2(c2ccccc2)CC1. The van der Waals surface area contributed by atoms with E-state index in [2.05, 4.69) is 30.3 Å². The third kappa shape index (κ3) is 1.80. The predicted molar refractivity (Wildman–Crippen MR) is 73.0 cm³/mol. The molecule has 2 heteroatoms. The van der Waals surface area contributed by atoms with E-state index in [-0.39, 0.29) is 0 Å². The van der Waals surface area contributed by atoms with Gasteiger partial charge < -0.3 is 0 Å². The van der Waals surface area contributed by atoms with E-state index in [0.29, 0.717) is 5.78 Å². The van der Waals surface area contributed by atoms with Gasteiger partial charge in [-0.25, -0.2) is 0 Å². The van der Waals surface area contributed by atoms with Gasteiger partial charge in [-0.2, -0.15) is 0 Å². The lowest BCUT2D eigenvalue weighted by atomic mass is 10.2. The molecule has 3 rings (SSSR count). The lowest BCUT2D eigenvalue weighted by Crippen LogP contribution is -2.53. The van der Waals surface area contributed by atoms with Crippen molar-refractivity contribution in [3.8, 4) is 0 Å². The lowest BCUT2D eigenvalue weighted by Gasteiger charge is -2.40. The van der Waals surface area contributed by atoms with Gasteiger partial charge in [0.15, 0.2) is 5.78 Å². The van der Waals surface area contributed by atoms with Crippen LogP contribution in [0.2, 0.25) is 12.1 Å². The number of carbonyl (C=O) groups is 1. The van der Waals surface area contributed by atoms with Crippen LogP contribution < -0.4 is 5.19 Å². The number of fused-ring (bicyclic) bond motifs is 1. The number of hydrogen-bond acceptors (Lipinski definition) is 1. The molecule has 0 amide bonds. The van der Waals surface area contributed by atoms with Crippen molar-refractivity contribution < 1.29 is 4.79 Å². The van der Waals surface area contributed by atoms with E-state index in [4.69, 9.17) is 0 Å². The summed E-state index contributed by atoms with van der Waals surface area (Å²) in [5.74, 6) is 0.362. The fourth-order valence-electron chi connectivity index (χ4n) is 3.47. The summed E-state index contributed by atoms with van der Waals surface area (Å²) in [6.45, 7) is 0. The zero-order valence-corrected chi connectivity index (χ0v) is 11.1. The van der Waals surface area contributed by atoms with Crippen LogP contribution in [-0.2, 0) is 4.79 Å². The molecule has 0 N–H and O–H groups in total. The number of rotatable bonds is 1. The largest absolute Gasteiger partial charge is 0.295 e. The molecular weight excluding hydrogens is 224 g/mol. The van der Waals surface area contributed by atoms with E-state index in [9.17, 15) is 4.79 Å². The lowest BCUT2D eigenvalue weighted by molar-refractivity contribution is -0.114. The Morgan fingerprint density at radius 3 is 2.59 bits per heavy atom. The zero-order valence-electron chi connectivity index (χ0n) is 10.1. The third-order valence-corrected chi connectivity index (χ3v) is 9.75. The molecule has 1 aromatic rings. The van der Waals surface area contributed by atoms with Gasteiger partial charge in [-0.1, -0.05) is 53.6 Å². The van der Waals surface area contributed by atoms with Crippen LogP contribution in [0.4, 0.5) is 0 Å². The Kier molecular flexibility index (Phi) is 2.75. The Balaban J connectivity index is 2.09. The summed E-state index contributed by atoms with van der Waals surface area (Å²) in [6, 6.07) is 13.5. The highest BCUT2D eigenvalue weighted by atomic mass is 28.3. The first-order valence-corrected chi connectivity index (χ1v) is 9.02. The molecule has 0 bridgehead atoms. The van der Waals surface area contributed by atoms with Crippen molar-refractivity contribution in [2.45, 2.75) is 37.8 Å². The standard InChI is InChI=1S/C15H18OSi/c16-13-9-11-17(14-6-2-1-3-7-14)10-5-4-8-15(17)12-13/h1-3,6-7,12H,4-5,8-11H2. The maximum absolute atomic E-state index is 11.6. The summed E-state index contributed by atoms with van der Waals surface area (Å²) in [4.78, 5) is 11.6. The van der Waals surface area contributed by atoms with Gasteiger partial charge in [0.2, 0.25) is 0 Å². The molecule has 0 aliphatic carbocycles. The van der Waals surface area contributed by atoms with Crippen molar-refractivity contribution in [3.63, 3.8) is 0 Å². The van der Waals surface area contributed by atoms with Gasteiger partial charge in [-0.15, -0.1) is 0 Å². The molecule has 1 fully saturated rings. The van der Waals surface area contributed by atoms with E-state index in [1.807, 2.05) is 6.08 Å². The minimum absolute atomic E-state index is 0.362.